The van der Waals surface area contributed by atoms with Gasteiger partial charge in [-0.25, -0.2) is 13.6 Å². The molecule has 9 nitrogen and oxygen atoms in total. The number of nitrogens with two attached hydrogens (primary N) is 1. The molecule has 2 aromatic heterocycles. The third-order valence-corrected chi connectivity index (χ3v) is 5.22. The van der Waals surface area contributed by atoms with Crippen molar-refractivity contribution < 1.29 is 17.9 Å². The standard InChI is InChI=1S/C17H16ClN5O4S/c1-26-15-12(4-3-7-19)16(27-2)22-17(21-15)23-9-14(28(20,24)25)11-6-5-10(18)8-13(11)23/h5-6,8-9H,3-4H2,1-2H3,(H2,20,24,25). The number of nitriles is 1. The van der Waals surface area contributed by atoms with Crippen LogP contribution in [0.25, 0.3) is 16.9 Å². The van der Waals surface area contributed by atoms with Crippen LogP contribution in [-0.2, 0) is 16.4 Å². The number of methoxy groups -OCH3 is 2. The van der Waals surface area contributed by atoms with Gasteiger partial charge in [-0.15, -0.1) is 0 Å². The van der Waals surface area contributed by atoms with E-state index in [2.05, 4.69) is 9.97 Å². The Balaban J connectivity index is 2.31. The summed E-state index contributed by atoms with van der Waals surface area (Å²) in [5.74, 6) is 0.549. The molecular formula is C17H16ClN5O4S. The maximum absolute atomic E-state index is 12.0. The molecule has 0 radical (unpaired) electrons. The highest BCUT2D eigenvalue weighted by Crippen LogP contribution is 2.32. The van der Waals surface area contributed by atoms with Crippen molar-refractivity contribution in [2.75, 3.05) is 14.2 Å². The number of hydrogen-bond donors (Lipinski definition) is 1. The van der Waals surface area contributed by atoms with Crippen LogP contribution in [-0.4, -0.2) is 37.2 Å². The normalized spacial score (nSPS) is 11.4. The predicted molar refractivity (Wildman–Crippen MR) is 102 cm³/mol. The number of fused-ring (bicyclic) bond motifs is 1. The van der Waals surface area contributed by atoms with Crippen LogP contribution in [0.15, 0.2) is 29.3 Å². The second-order valence-electron chi connectivity index (χ2n) is 5.75. The zero-order valence-corrected chi connectivity index (χ0v) is 16.6. The number of halogens is 1. The molecule has 0 saturated carbocycles. The smallest absolute Gasteiger partial charge is 0.240 e. The number of aromatic nitrogens is 3. The predicted octanol–water partition coefficient (Wildman–Crippen LogP) is 2.19. The zero-order valence-electron chi connectivity index (χ0n) is 15.0. The van der Waals surface area contributed by atoms with Crippen LogP contribution in [0.3, 0.4) is 0 Å². The average molecular weight is 422 g/mol. The van der Waals surface area contributed by atoms with Gasteiger partial charge < -0.3 is 9.47 Å². The Bertz CT molecular complexity index is 1180. The number of primary sulfonamides is 1. The Hall–Kier alpha value is -2.87. The largest absolute Gasteiger partial charge is 0.481 e. The molecule has 28 heavy (non-hydrogen) atoms. The number of benzene rings is 1. The first kappa shape index (κ1) is 19.9. The van der Waals surface area contributed by atoms with Crippen molar-refractivity contribution >= 4 is 32.5 Å². The topological polar surface area (TPSA) is 133 Å². The van der Waals surface area contributed by atoms with Gasteiger partial charge >= 0.3 is 0 Å². The maximum atomic E-state index is 12.0. The molecule has 0 bridgehead atoms. The Morgan fingerprint density at radius 1 is 1.25 bits per heavy atom. The fraction of sp³-hybridized carbons (Fsp3) is 0.235. The quantitative estimate of drug-likeness (QED) is 0.644. The summed E-state index contributed by atoms with van der Waals surface area (Å²) in [7, 11) is -1.13. The van der Waals surface area contributed by atoms with Crippen molar-refractivity contribution in [1.29, 1.82) is 5.26 Å². The van der Waals surface area contributed by atoms with Gasteiger partial charge in [0.05, 0.1) is 31.4 Å². The van der Waals surface area contributed by atoms with Crippen molar-refractivity contribution in [2.45, 2.75) is 17.7 Å². The van der Waals surface area contributed by atoms with Gasteiger partial charge in [0.25, 0.3) is 0 Å². The molecule has 0 fully saturated rings. The second kappa shape index (κ2) is 7.63. The fourth-order valence-electron chi connectivity index (χ4n) is 2.83. The Morgan fingerprint density at radius 3 is 2.43 bits per heavy atom. The van der Waals surface area contributed by atoms with E-state index < -0.39 is 10.0 Å². The van der Waals surface area contributed by atoms with E-state index in [9.17, 15) is 8.42 Å². The van der Waals surface area contributed by atoms with Crippen LogP contribution < -0.4 is 14.6 Å². The van der Waals surface area contributed by atoms with Crippen molar-refractivity contribution in [3.05, 3.63) is 35.0 Å². The van der Waals surface area contributed by atoms with E-state index in [1.807, 2.05) is 6.07 Å². The molecule has 11 heteroatoms. The van der Waals surface area contributed by atoms with Crippen LogP contribution in [0.1, 0.15) is 12.0 Å². The number of sulfonamides is 1. The summed E-state index contributed by atoms with van der Waals surface area (Å²) in [6, 6.07) is 6.75. The third-order valence-electron chi connectivity index (χ3n) is 4.05. The van der Waals surface area contributed by atoms with E-state index in [-0.39, 0.29) is 29.0 Å². The first-order chi connectivity index (χ1) is 13.3. The van der Waals surface area contributed by atoms with Gasteiger partial charge in [0.1, 0.15) is 4.90 Å². The minimum absolute atomic E-state index is 0.0887. The van der Waals surface area contributed by atoms with Gasteiger partial charge in [0.2, 0.25) is 27.7 Å². The highest BCUT2D eigenvalue weighted by atomic mass is 35.5. The summed E-state index contributed by atoms with van der Waals surface area (Å²) in [4.78, 5) is 8.63. The van der Waals surface area contributed by atoms with Gasteiger partial charge in [0, 0.05) is 23.0 Å². The van der Waals surface area contributed by atoms with E-state index in [4.69, 9.17) is 31.5 Å². The summed E-state index contributed by atoms with van der Waals surface area (Å²) in [6.45, 7) is 0. The molecule has 0 unspecified atom stereocenters. The molecule has 0 saturated heterocycles. The molecule has 0 spiro atoms. The molecule has 146 valence electrons. The number of nitrogens with zero attached hydrogens (tertiary/aromatic N) is 4. The molecule has 1 aromatic carbocycles. The van der Waals surface area contributed by atoms with Gasteiger partial charge in [-0.05, 0) is 24.6 Å². The lowest BCUT2D eigenvalue weighted by Crippen LogP contribution is -2.12. The van der Waals surface area contributed by atoms with Crippen LogP contribution in [0.5, 0.6) is 11.8 Å². The lowest BCUT2D eigenvalue weighted by atomic mass is 10.2. The van der Waals surface area contributed by atoms with E-state index >= 15 is 0 Å². The van der Waals surface area contributed by atoms with Crippen molar-refractivity contribution in [1.82, 2.24) is 14.5 Å². The zero-order chi connectivity index (χ0) is 20.5. The molecule has 2 N–H and O–H groups in total. The summed E-state index contributed by atoms with van der Waals surface area (Å²) in [5, 5.41) is 15.0. The minimum Gasteiger partial charge on any atom is -0.481 e. The van der Waals surface area contributed by atoms with Crippen molar-refractivity contribution in [3.8, 4) is 23.8 Å². The van der Waals surface area contributed by atoms with Crippen molar-refractivity contribution in [2.24, 2.45) is 5.14 Å². The first-order valence-corrected chi connectivity index (χ1v) is 9.92. The molecular weight excluding hydrogens is 406 g/mol. The van der Waals surface area contributed by atoms with Crippen LogP contribution >= 0.6 is 11.6 Å². The number of ether oxygens (including phenoxy) is 2. The fourth-order valence-corrected chi connectivity index (χ4v) is 3.73. The molecule has 3 rings (SSSR count). The monoisotopic (exact) mass is 421 g/mol. The number of rotatable bonds is 6. The van der Waals surface area contributed by atoms with Gasteiger partial charge in [0.15, 0.2) is 0 Å². The summed E-state index contributed by atoms with van der Waals surface area (Å²) in [6.07, 6.45) is 1.89. The lowest BCUT2D eigenvalue weighted by molar-refractivity contribution is 0.361. The molecule has 0 amide bonds. The third kappa shape index (κ3) is 3.60. The summed E-state index contributed by atoms with van der Waals surface area (Å²) < 4.78 is 36.1. The highest BCUT2D eigenvalue weighted by molar-refractivity contribution is 7.89. The van der Waals surface area contributed by atoms with Gasteiger partial charge in [-0.1, -0.05) is 11.6 Å². The van der Waals surface area contributed by atoms with Crippen LogP contribution in [0.4, 0.5) is 0 Å². The molecule has 0 aliphatic rings. The molecule has 3 aromatic rings. The molecule has 0 aliphatic heterocycles. The molecule has 2 heterocycles. The second-order valence-corrected chi connectivity index (χ2v) is 7.71. The number of hydrogen-bond acceptors (Lipinski definition) is 7. The molecule has 0 atom stereocenters. The summed E-state index contributed by atoms with van der Waals surface area (Å²) >= 11 is 6.09. The Labute approximate surface area is 166 Å². The Morgan fingerprint density at radius 2 is 1.89 bits per heavy atom. The van der Waals surface area contributed by atoms with E-state index in [0.717, 1.165) is 0 Å². The first-order valence-electron chi connectivity index (χ1n) is 7.99. The lowest BCUT2D eigenvalue weighted by Gasteiger charge is -2.13. The molecule has 0 aliphatic carbocycles. The van der Waals surface area contributed by atoms with Crippen molar-refractivity contribution in [3.63, 3.8) is 0 Å². The SMILES string of the molecule is COc1nc(-n2cc(S(N)(=O)=O)c3ccc(Cl)cc32)nc(OC)c1CCC#N. The van der Waals surface area contributed by atoms with Gasteiger partial charge in [-0.2, -0.15) is 15.2 Å². The minimum atomic E-state index is -4.00. The van der Waals surface area contributed by atoms with Crippen LogP contribution in [0, 0.1) is 11.3 Å². The average Bonchev–Trinajstić information content (AvgIpc) is 3.04. The highest BCUT2D eigenvalue weighted by Gasteiger charge is 2.22. The van der Waals surface area contributed by atoms with E-state index in [1.54, 1.807) is 18.2 Å². The van der Waals surface area contributed by atoms with E-state index in [1.165, 1.54) is 25.0 Å². The van der Waals surface area contributed by atoms with Gasteiger partial charge in [-0.3, -0.25) is 4.57 Å². The maximum Gasteiger partial charge on any atom is 0.240 e. The van der Waals surface area contributed by atoms with E-state index in [0.29, 0.717) is 27.9 Å². The van der Waals surface area contributed by atoms with Crippen LogP contribution in [0.2, 0.25) is 5.02 Å². The summed E-state index contributed by atoms with van der Waals surface area (Å²) in [5.41, 5.74) is 0.988. The Kier molecular flexibility index (Phi) is 5.42.